The number of rotatable bonds is 9. The Kier molecular flexibility index (Phi) is 8.64. The topological polar surface area (TPSA) is 97.3 Å². The molecule has 9 heteroatoms. The maximum absolute atomic E-state index is 14.1. The van der Waals surface area contributed by atoms with Crippen LogP contribution in [0, 0.1) is 11.2 Å². The Balaban J connectivity index is 2.22. The van der Waals surface area contributed by atoms with Crippen molar-refractivity contribution in [2.45, 2.75) is 52.8 Å². The lowest BCUT2D eigenvalue weighted by atomic mass is 9.84. The van der Waals surface area contributed by atoms with E-state index < -0.39 is 29.3 Å². The average molecular weight is 502 g/mol. The fourth-order valence-electron chi connectivity index (χ4n) is 4.07. The first kappa shape index (κ1) is 26.8. The van der Waals surface area contributed by atoms with Gasteiger partial charge in [0.15, 0.2) is 11.6 Å². The SMILES string of the molecule is C[C@H](O)C(=O)N(CCCN)[C@@H](c1nc(-c2cc(F)ccc2Cl)nn1Cc1ccccc1)C(C)(C)C. The van der Waals surface area contributed by atoms with Gasteiger partial charge in [0.05, 0.1) is 17.6 Å². The van der Waals surface area contributed by atoms with Crippen molar-refractivity contribution in [3.8, 4) is 11.4 Å². The van der Waals surface area contributed by atoms with E-state index in [4.69, 9.17) is 27.4 Å². The summed E-state index contributed by atoms with van der Waals surface area (Å²) in [6, 6.07) is 13.2. The monoisotopic (exact) mass is 501 g/mol. The first-order valence-electron chi connectivity index (χ1n) is 11.7. The number of amides is 1. The molecule has 0 aliphatic heterocycles. The Bertz CT molecular complexity index is 1140. The maximum Gasteiger partial charge on any atom is 0.251 e. The molecule has 1 amide bonds. The third kappa shape index (κ3) is 6.45. The van der Waals surface area contributed by atoms with Crippen LogP contribution in [-0.2, 0) is 11.3 Å². The predicted molar refractivity (Wildman–Crippen MR) is 135 cm³/mol. The van der Waals surface area contributed by atoms with Crippen LogP contribution in [0.4, 0.5) is 4.39 Å². The molecule has 3 rings (SSSR count). The Morgan fingerprint density at radius 3 is 2.51 bits per heavy atom. The van der Waals surface area contributed by atoms with Gasteiger partial charge < -0.3 is 15.7 Å². The Morgan fingerprint density at radius 1 is 1.23 bits per heavy atom. The number of nitrogens with zero attached hydrogens (tertiary/aromatic N) is 4. The summed E-state index contributed by atoms with van der Waals surface area (Å²) in [5.41, 5.74) is 6.63. The van der Waals surface area contributed by atoms with Crippen molar-refractivity contribution < 1.29 is 14.3 Å². The van der Waals surface area contributed by atoms with Crippen LogP contribution in [0.25, 0.3) is 11.4 Å². The van der Waals surface area contributed by atoms with Crippen LogP contribution in [-0.4, -0.2) is 49.9 Å². The van der Waals surface area contributed by atoms with E-state index in [1.807, 2.05) is 51.1 Å². The zero-order valence-corrected chi connectivity index (χ0v) is 21.3. The van der Waals surface area contributed by atoms with Gasteiger partial charge in [0.2, 0.25) is 0 Å². The molecule has 2 atom stereocenters. The molecular weight excluding hydrogens is 469 g/mol. The van der Waals surface area contributed by atoms with Crippen molar-refractivity contribution in [1.82, 2.24) is 19.7 Å². The lowest BCUT2D eigenvalue weighted by molar-refractivity contribution is -0.145. The smallest absolute Gasteiger partial charge is 0.251 e. The van der Waals surface area contributed by atoms with E-state index >= 15 is 0 Å². The van der Waals surface area contributed by atoms with E-state index in [0.29, 0.717) is 42.5 Å². The van der Waals surface area contributed by atoms with Gasteiger partial charge in [-0.1, -0.05) is 62.7 Å². The molecule has 2 aromatic carbocycles. The highest BCUT2D eigenvalue weighted by molar-refractivity contribution is 6.33. The normalized spacial score (nSPS) is 13.5. The molecule has 0 aliphatic rings. The highest BCUT2D eigenvalue weighted by Crippen LogP contribution is 2.39. The molecule has 0 fully saturated rings. The largest absolute Gasteiger partial charge is 0.384 e. The van der Waals surface area contributed by atoms with Crippen LogP contribution in [0.5, 0.6) is 0 Å². The molecule has 0 spiro atoms. The van der Waals surface area contributed by atoms with Crippen LogP contribution >= 0.6 is 11.6 Å². The second kappa shape index (κ2) is 11.3. The summed E-state index contributed by atoms with van der Waals surface area (Å²) in [5.74, 6) is -0.0924. The van der Waals surface area contributed by atoms with Gasteiger partial charge in [0.25, 0.3) is 5.91 Å². The zero-order valence-electron chi connectivity index (χ0n) is 20.6. The van der Waals surface area contributed by atoms with E-state index in [1.54, 1.807) is 9.58 Å². The summed E-state index contributed by atoms with van der Waals surface area (Å²) in [6.07, 6.45) is -0.638. The molecule has 1 aromatic heterocycles. The first-order valence-corrected chi connectivity index (χ1v) is 12.0. The number of hydrogen-bond acceptors (Lipinski definition) is 5. The molecule has 0 saturated heterocycles. The number of carbonyl (C=O) groups excluding carboxylic acids is 1. The number of benzene rings is 2. The summed E-state index contributed by atoms with van der Waals surface area (Å²) >= 11 is 6.38. The van der Waals surface area contributed by atoms with Gasteiger partial charge in [0.1, 0.15) is 11.9 Å². The highest BCUT2D eigenvalue weighted by atomic mass is 35.5. The number of aliphatic hydroxyl groups is 1. The summed E-state index contributed by atoms with van der Waals surface area (Å²) in [4.78, 5) is 19.6. The zero-order chi connectivity index (χ0) is 25.8. The fourth-order valence-corrected chi connectivity index (χ4v) is 4.28. The second-order valence-corrected chi connectivity index (χ2v) is 10.1. The van der Waals surface area contributed by atoms with E-state index in [2.05, 4.69) is 0 Å². The first-order chi connectivity index (χ1) is 16.5. The molecular formula is C26H33ClFN5O2. The molecule has 3 aromatic rings. The van der Waals surface area contributed by atoms with Gasteiger partial charge in [-0.3, -0.25) is 4.79 Å². The van der Waals surface area contributed by atoms with Gasteiger partial charge in [-0.05, 0) is 49.1 Å². The lowest BCUT2D eigenvalue weighted by Crippen LogP contribution is -2.47. The number of hydrogen-bond donors (Lipinski definition) is 2. The van der Waals surface area contributed by atoms with Crippen LogP contribution in [0.15, 0.2) is 48.5 Å². The quantitative estimate of drug-likeness (QED) is 0.452. The number of carbonyl (C=O) groups is 1. The van der Waals surface area contributed by atoms with Crippen LogP contribution in [0.2, 0.25) is 5.02 Å². The Labute approximate surface area is 210 Å². The summed E-state index contributed by atoms with van der Waals surface area (Å²) in [5, 5.41) is 15.2. The molecule has 35 heavy (non-hydrogen) atoms. The predicted octanol–water partition coefficient (Wildman–Crippen LogP) is 4.43. The van der Waals surface area contributed by atoms with Crippen molar-refractivity contribution >= 4 is 17.5 Å². The van der Waals surface area contributed by atoms with E-state index in [-0.39, 0.29) is 5.82 Å². The van der Waals surface area contributed by atoms with Gasteiger partial charge in [-0.15, -0.1) is 0 Å². The van der Waals surface area contributed by atoms with Gasteiger partial charge in [0, 0.05) is 12.1 Å². The Hall–Kier alpha value is -2.81. The molecule has 0 aliphatic carbocycles. The fraction of sp³-hybridized carbons (Fsp3) is 0.423. The lowest BCUT2D eigenvalue weighted by Gasteiger charge is -2.40. The Morgan fingerprint density at radius 2 is 1.91 bits per heavy atom. The third-order valence-electron chi connectivity index (χ3n) is 5.66. The number of halogens is 2. The summed E-state index contributed by atoms with van der Waals surface area (Å²) < 4.78 is 15.8. The molecule has 188 valence electrons. The third-order valence-corrected chi connectivity index (χ3v) is 5.99. The molecule has 1 heterocycles. The number of aliphatic hydroxyl groups excluding tert-OH is 1. The molecule has 0 bridgehead atoms. The van der Waals surface area contributed by atoms with Crippen molar-refractivity contribution in [1.29, 1.82) is 0 Å². The highest BCUT2D eigenvalue weighted by Gasteiger charge is 2.39. The summed E-state index contributed by atoms with van der Waals surface area (Å²) in [7, 11) is 0. The standard InChI is InChI=1S/C26H33ClFN5O2/c1-17(34)25(35)32(14-8-13-29)22(26(2,3)4)24-30-23(20-15-19(28)11-12-21(20)27)31-33(24)16-18-9-6-5-7-10-18/h5-7,9-12,15,17,22,34H,8,13-14,16,29H2,1-4H3/t17-,22-/m0/s1. The average Bonchev–Trinajstić information content (AvgIpc) is 3.19. The number of aromatic nitrogens is 3. The van der Waals surface area contributed by atoms with Crippen LogP contribution < -0.4 is 5.73 Å². The van der Waals surface area contributed by atoms with Gasteiger partial charge in [-0.25, -0.2) is 14.1 Å². The minimum atomic E-state index is -1.19. The van der Waals surface area contributed by atoms with E-state index in [0.717, 1.165) is 5.56 Å². The second-order valence-electron chi connectivity index (χ2n) is 9.68. The van der Waals surface area contributed by atoms with Gasteiger partial charge in [-0.2, -0.15) is 5.10 Å². The van der Waals surface area contributed by atoms with E-state index in [9.17, 15) is 14.3 Å². The van der Waals surface area contributed by atoms with Gasteiger partial charge >= 0.3 is 0 Å². The van der Waals surface area contributed by atoms with Crippen molar-refractivity contribution in [2.75, 3.05) is 13.1 Å². The molecule has 3 N–H and O–H groups in total. The van der Waals surface area contributed by atoms with Crippen molar-refractivity contribution in [3.63, 3.8) is 0 Å². The summed E-state index contributed by atoms with van der Waals surface area (Å²) in [6.45, 7) is 8.56. The molecule has 0 unspecified atom stereocenters. The van der Waals surface area contributed by atoms with Crippen LogP contribution in [0.3, 0.4) is 0 Å². The minimum absolute atomic E-state index is 0.262. The van der Waals surface area contributed by atoms with E-state index in [1.165, 1.54) is 25.1 Å². The maximum atomic E-state index is 14.1. The number of nitrogens with two attached hydrogens (primary N) is 1. The van der Waals surface area contributed by atoms with Crippen molar-refractivity contribution in [3.05, 3.63) is 70.8 Å². The molecule has 7 nitrogen and oxygen atoms in total. The van der Waals surface area contributed by atoms with Crippen molar-refractivity contribution in [2.24, 2.45) is 11.1 Å². The minimum Gasteiger partial charge on any atom is -0.384 e. The molecule has 0 radical (unpaired) electrons. The molecule has 0 saturated carbocycles. The van der Waals surface area contributed by atoms with Crippen LogP contribution in [0.1, 0.15) is 51.5 Å².